The lowest BCUT2D eigenvalue weighted by Gasteiger charge is -2.11. The molecule has 0 spiro atoms. The van der Waals surface area contributed by atoms with Crippen LogP contribution >= 0.6 is 38.9 Å². The minimum atomic E-state index is -0.526. The van der Waals surface area contributed by atoms with Gasteiger partial charge >= 0.3 is 0 Å². The molecule has 0 aliphatic carbocycles. The van der Waals surface area contributed by atoms with Crippen LogP contribution in [-0.2, 0) is 0 Å². The van der Waals surface area contributed by atoms with Crippen molar-refractivity contribution < 1.29 is 0 Å². The van der Waals surface area contributed by atoms with Crippen molar-refractivity contribution in [1.82, 2.24) is 9.38 Å². The lowest BCUT2D eigenvalue weighted by atomic mass is 10.1. The first kappa shape index (κ1) is 17.0. The largest absolute Gasteiger partial charge is 0.292 e. The third-order valence-electron chi connectivity index (χ3n) is 3.95. The van der Waals surface area contributed by atoms with Crippen molar-refractivity contribution >= 4 is 43.8 Å². The Morgan fingerprint density at radius 2 is 1.73 bits per heavy atom. The Balaban J connectivity index is 2.11. The summed E-state index contributed by atoms with van der Waals surface area (Å²) in [5.74, 6) is 0. The Morgan fingerprint density at radius 1 is 1.08 bits per heavy atom. The van der Waals surface area contributed by atoms with Crippen LogP contribution in [0.3, 0.4) is 0 Å². The molecule has 0 aliphatic rings. The van der Waals surface area contributed by atoms with Gasteiger partial charge in [-0.15, -0.1) is 11.3 Å². The number of hydrogen-bond acceptors (Lipinski definition) is 4. The molecule has 126 valence electrons. The van der Waals surface area contributed by atoms with Crippen molar-refractivity contribution in [3.8, 4) is 28.6 Å². The zero-order valence-electron chi connectivity index (χ0n) is 13.1. The average Bonchev–Trinajstić information content (AvgIpc) is 3.05. The summed E-state index contributed by atoms with van der Waals surface area (Å²) >= 11 is 10.8. The van der Waals surface area contributed by atoms with Crippen molar-refractivity contribution in [2.24, 2.45) is 0 Å². The van der Waals surface area contributed by atoms with Crippen LogP contribution in [-0.4, -0.2) is 9.38 Å². The maximum absolute atomic E-state index is 12.3. The van der Waals surface area contributed by atoms with Gasteiger partial charge in [-0.25, -0.2) is 0 Å². The van der Waals surface area contributed by atoms with Crippen LogP contribution in [0.15, 0.2) is 63.2 Å². The number of rotatable bonds is 2. The van der Waals surface area contributed by atoms with Gasteiger partial charge in [0.05, 0.1) is 11.4 Å². The standard InChI is InChI=1S/C19H9BrClN3OS/c20-13-5-1-11(2-6-13)16-10-26-19-23-18(25)15(9-22)17(24(16)19)12-3-7-14(21)8-4-12/h1-8,10H. The van der Waals surface area contributed by atoms with Gasteiger partial charge in [0.15, 0.2) is 4.96 Å². The second-order valence-electron chi connectivity index (χ2n) is 5.51. The Bertz CT molecular complexity index is 1220. The second-order valence-corrected chi connectivity index (χ2v) is 7.69. The predicted molar refractivity (Wildman–Crippen MR) is 108 cm³/mol. The van der Waals surface area contributed by atoms with E-state index in [4.69, 9.17) is 11.6 Å². The summed E-state index contributed by atoms with van der Waals surface area (Å²) in [5, 5.41) is 12.1. The van der Waals surface area contributed by atoms with E-state index in [0.29, 0.717) is 15.7 Å². The predicted octanol–water partition coefficient (Wildman–Crippen LogP) is 5.38. The van der Waals surface area contributed by atoms with Gasteiger partial charge in [0.2, 0.25) is 0 Å². The molecule has 0 aliphatic heterocycles. The highest BCUT2D eigenvalue weighted by atomic mass is 79.9. The number of aromatic nitrogens is 2. The summed E-state index contributed by atoms with van der Waals surface area (Å²) in [6, 6.07) is 16.9. The van der Waals surface area contributed by atoms with Gasteiger partial charge in [-0.3, -0.25) is 9.20 Å². The quantitative estimate of drug-likeness (QED) is 0.419. The van der Waals surface area contributed by atoms with Gasteiger partial charge < -0.3 is 0 Å². The topological polar surface area (TPSA) is 58.2 Å². The van der Waals surface area contributed by atoms with E-state index in [1.54, 1.807) is 24.3 Å². The molecule has 0 bridgehead atoms. The first-order valence-electron chi connectivity index (χ1n) is 7.54. The van der Waals surface area contributed by atoms with E-state index in [0.717, 1.165) is 21.3 Å². The maximum atomic E-state index is 12.3. The number of nitrogens with zero attached hydrogens (tertiary/aromatic N) is 3. The molecule has 7 heteroatoms. The van der Waals surface area contributed by atoms with E-state index in [-0.39, 0.29) is 5.56 Å². The smallest absolute Gasteiger partial charge is 0.283 e. The van der Waals surface area contributed by atoms with Gasteiger partial charge in [-0.2, -0.15) is 10.2 Å². The van der Waals surface area contributed by atoms with Gasteiger partial charge in [0.1, 0.15) is 11.6 Å². The van der Waals surface area contributed by atoms with E-state index in [2.05, 4.69) is 20.9 Å². The second kappa shape index (κ2) is 6.69. The summed E-state index contributed by atoms with van der Waals surface area (Å²) in [4.78, 5) is 17.0. The monoisotopic (exact) mass is 441 g/mol. The van der Waals surface area contributed by atoms with Gasteiger partial charge in [0.25, 0.3) is 5.56 Å². The summed E-state index contributed by atoms with van der Waals surface area (Å²) < 4.78 is 2.83. The number of hydrogen-bond donors (Lipinski definition) is 0. The normalized spacial score (nSPS) is 10.8. The van der Waals surface area contributed by atoms with Crippen LogP contribution in [0, 0.1) is 11.3 Å². The molecular weight excluding hydrogens is 434 g/mol. The Morgan fingerprint density at radius 3 is 2.38 bits per heavy atom. The summed E-state index contributed by atoms with van der Waals surface area (Å²) in [6.45, 7) is 0. The van der Waals surface area contributed by atoms with Crippen LogP contribution in [0.2, 0.25) is 5.02 Å². The van der Waals surface area contributed by atoms with E-state index >= 15 is 0 Å². The van der Waals surface area contributed by atoms with Crippen molar-refractivity contribution in [2.45, 2.75) is 0 Å². The van der Waals surface area contributed by atoms with Crippen LogP contribution in [0.25, 0.3) is 27.5 Å². The summed E-state index contributed by atoms with van der Waals surface area (Å²) in [7, 11) is 0. The fraction of sp³-hybridized carbons (Fsp3) is 0. The SMILES string of the molecule is N#Cc1c(-c2ccc(Cl)cc2)n2c(-c3ccc(Br)cc3)csc2nc1=O. The molecule has 0 radical (unpaired) electrons. The third kappa shape index (κ3) is 2.84. The highest BCUT2D eigenvalue weighted by molar-refractivity contribution is 9.10. The lowest BCUT2D eigenvalue weighted by molar-refractivity contribution is 1.10. The minimum absolute atomic E-state index is 0.0154. The average molecular weight is 443 g/mol. The first-order chi connectivity index (χ1) is 12.6. The third-order valence-corrected chi connectivity index (χ3v) is 5.56. The zero-order valence-corrected chi connectivity index (χ0v) is 16.3. The summed E-state index contributed by atoms with van der Waals surface area (Å²) in [5.41, 5.74) is 2.58. The summed E-state index contributed by atoms with van der Waals surface area (Å²) in [6.07, 6.45) is 0. The zero-order chi connectivity index (χ0) is 18.3. The van der Waals surface area contributed by atoms with Crippen LogP contribution in [0.1, 0.15) is 5.56 Å². The molecule has 0 saturated heterocycles. The number of thiazole rings is 1. The van der Waals surface area contributed by atoms with Gasteiger partial charge in [0, 0.05) is 20.4 Å². The highest BCUT2D eigenvalue weighted by Gasteiger charge is 2.19. The fourth-order valence-electron chi connectivity index (χ4n) is 2.77. The Hall–Kier alpha value is -2.46. The first-order valence-corrected chi connectivity index (χ1v) is 9.60. The van der Waals surface area contributed by atoms with Crippen molar-refractivity contribution in [1.29, 1.82) is 5.26 Å². The molecule has 4 rings (SSSR count). The Labute approximate surface area is 166 Å². The van der Waals surface area contributed by atoms with E-state index < -0.39 is 5.56 Å². The molecule has 0 amide bonds. The highest BCUT2D eigenvalue weighted by Crippen LogP contribution is 2.32. The van der Waals surface area contributed by atoms with E-state index in [1.807, 2.05) is 40.1 Å². The van der Waals surface area contributed by atoms with Gasteiger partial charge in [-0.1, -0.05) is 51.8 Å². The van der Waals surface area contributed by atoms with Crippen molar-refractivity contribution in [3.05, 3.63) is 79.3 Å². The number of fused-ring (bicyclic) bond motifs is 1. The molecule has 0 fully saturated rings. The minimum Gasteiger partial charge on any atom is -0.283 e. The molecular formula is C19H9BrClN3OS. The molecule has 0 unspecified atom stereocenters. The lowest BCUT2D eigenvalue weighted by Crippen LogP contribution is -2.15. The molecule has 26 heavy (non-hydrogen) atoms. The molecule has 0 saturated carbocycles. The van der Waals surface area contributed by atoms with Crippen LogP contribution in [0.4, 0.5) is 0 Å². The number of halogens is 2. The van der Waals surface area contributed by atoms with Crippen molar-refractivity contribution in [2.75, 3.05) is 0 Å². The van der Waals surface area contributed by atoms with Crippen LogP contribution in [0.5, 0.6) is 0 Å². The van der Waals surface area contributed by atoms with E-state index in [1.165, 1.54) is 11.3 Å². The molecule has 4 nitrogen and oxygen atoms in total. The molecule has 2 heterocycles. The van der Waals surface area contributed by atoms with Crippen molar-refractivity contribution in [3.63, 3.8) is 0 Å². The molecule has 0 atom stereocenters. The number of nitriles is 1. The number of benzene rings is 2. The molecule has 0 N–H and O–H groups in total. The molecule has 2 aromatic carbocycles. The van der Waals surface area contributed by atoms with E-state index in [9.17, 15) is 10.1 Å². The Kier molecular flexibility index (Phi) is 4.37. The van der Waals surface area contributed by atoms with Gasteiger partial charge in [-0.05, 0) is 29.8 Å². The molecule has 4 aromatic rings. The maximum Gasteiger partial charge on any atom is 0.292 e. The fourth-order valence-corrected chi connectivity index (χ4v) is 4.04. The molecule has 2 aromatic heterocycles. The van der Waals surface area contributed by atoms with Crippen LogP contribution < -0.4 is 5.56 Å².